The molecule has 1 saturated heterocycles. The van der Waals surface area contributed by atoms with E-state index in [1.165, 1.54) is 6.42 Å². The molecule has 0 aromatic rings. The summed E-state index contributed by atoms with van der Waals surface area (Å²) in [5.41, 5.74) is 0. The van der Waals surface area contributed by atoms with Gasteiger partial charge in [-0.1, -0.05) is 13.8 Å². The van der Waals surface area contributed by atoms with Gasteiger partial charge in [-0.3, -0.25) is 0 Å². The van der Waals surface area contributed by atoms with Gasteiger partial charge in [0, 0.05) is 12.6 Å². The molecular weight excluding hydrogens is 190 g/mol. The number of hydrogen-bond acceptors (Lipinski definition) is 2. The Bertz CT molecular complexity index is 204. The van der Waals surface area contributed by atoms with Crippen LogP contribution in [0.3, 0.4) is 0 Å². The lowest BCUT2D eigenvalue weighted by molar-refractivity contribution is 0.100. The van der Waals surface area contributed by atoms with Crippen molar-refractivity contribution in [1.82, 2.24) is 4.90 Å². The van der Waals surface area contributed by atoms with E-state index < -0.39 is 0 Å². The lowest BCUT2D eigenvalue weighted by Gasteiger charge is -2.24. The zero-order chi connectivity index (χ0) is 11.3. The van der Waals surface area contributed by atoms with Gasteiger partial charge in [0.2, 0.25) is 0 Å². The van der Waals surface area contributed by atoms with Crippen LogP contribution in [0.5, 0.6) is 0 Å². The molecule has 0 bridgehead atoms. The van der Waals surface area contributed by atoms with Gasteiger partial charge in [0.15, 0.2) is 0 Å². The summed E-state index contributed by atoms with van der Waals surface area (Å²) in [6.45, 7) is 7.66. The molecular formula is C12H23NO2. The smallest absolute Gasteiger partial charge is 0.409 e. The van der Waals surface area contributed by atoms with Crippen LogP contribution in [0.15, 0.2) is 0 Å². The molecule has 0 radical (unpaired) electrons. The molecule has 1 atom stereocenters. The maximum Gasteiger partial charge on any atom is 0.409 e. The average molecular weight is 213 g/mol. The zero-order valence-electron chi connectivity index (χ0n) is 10.2. The molecule has 88 valence electrons. The number of hydrogen-bond donors (Lipinski definition) is 0. The van der Waals surface area contributed by atoms with E-state index in [4.69, 9.17) is 4.74 Å². The quantitative estimate of drug-likeness (QED) is 0.718. The van der Waals surface area contributed by atoms with E-state index in [0.29, 0.717) is 12.6 Å². The van der Waals surface area contributed by atoms with Gasteiger partial charge in [-0.15, -0.1) is 0 Å². The molecule has 1 fully saturated rings. The largest absolute Gasteiger partial charge is 0.450 e. The monoisotopic (exact) mass is 213 g/mol. The van der Waals surface area contributed by atoms with Gasteiger partial charge in [-0.25, -0.2) is 4.79 Å². The SMILES string of the molecule is CCOC(=O)N1CCCC1CCC(C)C. The first-order chi connectivity index (χ1) is 7.15. The minimum atomic E-state index is -0.122. The Labute approximate surface area is 92.8 Å². The molecule has 0 saturated carbocycles. The van der Waals surface area contributed by atoms with E-state index in [-0.39, 0.29) is 6.09 Å². The number of likely N-dealkylation sites (tertiary alicyclic amines) is 1. The standard InChI is InChI=1S/C12H23NO2/c1-4-15-12(14)13-9-5-6-11(13)8-7-10(2)3/h10-11H,4-9H2,1-3H3. The third-order valence-corrected chi connectivity index (χ3v) is 2.96. The van der Waals surface area contributed by atoms with Crippen molar-refractivity contribution < 1.29 is 9.53 Å². The van der Waals surface area contributed by atoms with Crippen molar-refractivity contribution in [3.05, 3.63) is 0 Å². The highest BCUT2D eigenvalue weighted by molar-refractivity contribution is 5.68. The van der Waals surface area contributed by atoms with Crippen LogP contribution in [-0.4, -0.2) is 30.2 Å². The predicted molar refractivity (Wildman–Crippen MR) is 60.8 cm³/mol. The summed E-state index contributed by atoms with van der Waals surface area (Å²) in [7, 11) is 0. The third kappa shape index (κ3) is 3.73. The summed E-state index contributed by atoms with van der Waals surface area (Å²) in [6, 6.07) is 0.423. The molecule has 1 heterocycles. The summed E-state index contributed by atoms with van der Waals surface area (Å²) < 4.78 is 5.05. The van der Waals surface area contributed by atoms with Crippen LogP contribution in [0, 0.1) is 5.92 Å². The first-order valence-corrected chi connectivity index (χ1v) is 6.08. The highest BCUT2D eigenvalue weighted by atomic mass is 16.6. The van der Waals surface area contributed by atoms with Crippen LogP contribution in [0.4, 0.5) is 4.79 Å². The fourth-order valence-electron chi connectivity index (χ4n) is 2.11. The van der Waals surface area contributed by atoms with E-state index in [9.17, 15) is 4.79 Å². The Morgan fingerprint density at radius 3 is 2.87 bits per heavy atom. The minimum Gasteiger partial charge on any atom is -0.450 e. The van der Waals surface area contributed by atoms with Gasteiger partial charge in [0.1, 0.15) is 0 Å². The number of nitrogens with zero attached hydrogens (tertiary/aromatic N) is 1. The first kappa shape index (κ1) is 12.3. The Kier molecular flexibility index (Phi) is 4.92. The van der Waals surface area contributed by atoms with Crippen LogP contribution in [0.2, 0.25) is 0 Å². The highest BCUT2D eigenvalue weighted by Gasteiger charge is 2.29. The Hall–Kier alpha value is -0.730. The second-order valence-corrected chi connectivity index (χ2v) is 4.66. The molecule has 3 nitrogen and oxygen atoms in total. The van der Waals surface area contributed by atoms with Crippen molar-refractivity contribution in [3.8, 4) is 0 Å². The fourth-order valence-corrected chi connectivity index (χ4v) is 2.11. The molecule has 0 aromatic heterocycles. The van der Waals surface area contributed by atoms with Gasteiger partial charge in [-0.2, -0.15) is 0 Å². The normalized spacial score (nSPS) is 21.1. The van der Waals surface area contributed by atoms with Gasteiger partial charge in [0.05, 0.1) is 6.61 Å². The molecule has 1 amide bonds. The van der Waals surface area contributed by atoms with Gasteiger partial charge < -0.3 is 9.64 Å². The third-order valence-electron chi connectivity index (χ3n) is 2.96. The van der Waals surface area contributed by atoms with Crippen LogP contribution >= 0.6 is 0 Å². The Morgan fingerprint density at radius 1 is 1.53 bits per heavy atom. The maximum atomic E-state index is 11.6. The molecule has 15 heavy (non-hydrogen) atoms. The molecule has 1 aliphatic rings. The highest BCUT2D eigenvalue weighted by Crippen LogP contribution is 2.23. The average Bonchev–Trinajstić information content (AvgIpc) is 2.62. The summed E-state index contributed by atoms with van der Waals surface area (Å²) in [4.78, 5) is 13.5. The van der Waals surface area contributed by atoms with Gasteiger partial charge in [0.25, 0.3) is 0 Å². The number of rotatable bonds is 4. The van der Waals surface area contributed by atoms with E-state index in [2.05, 4.69) is 13.8 Å². The first-order valence-electron chi connectivity index (χ1n) is 6.08. The Balaban J connectivity index is 2.38. The molecule has 0 spiro atoms. The van der Waals surface area contributed by atoms with Crippen molar-refractivity contribution in [1.29, 1.82) is 0 Å². The van der Waals surface area contributed by atoms with E-state index in [0.717, 1.165) is 31.7 Å². The summed E-state index contributed by atoms with van der Waals surface area (Å²) in [5, 5.41) is 0. The second-order valence-electron chi connectivity index (χ2n) is 4.66. The van der Waals surface area contributed by atoms with Crippen molar-refractivity contribution in [2.45, 2.75) is 52.5 Å². The summed E-state index contributed by atoms with van der Waals surface area (Å²) >= 11 is 0. The number of amides is 1. The lowest BCUT2D eigenvalue weighted by Crippen LogP contribution is -2.36. The molecule has 1 unspecified atom stereocenters. The van der Waals surface area contributed by atoms with Crippen LogP contribution in [0.25, 0.3) is 0 Å². The van der Waals surface area contributed by atoms with Gasteiger partial charge in [-0.05, 0) is 38.5 Å². The molecule has 1 rings (SSSR count). The van der Waals surface area contributed by atoms with E-state index >= 15 is 0 Å². The Morgan fingerprint density at radius 2 is 2.27 bits per heavy atom. The lowest BCUT2D eigenvalue weighted by atomic mass is 10.0. The number of carbonyl (C=O) groups excluding carboxylic acids is 1. The van der Waals surface area contributed by atoms with Crippen molar-refractivity contribution >= 4 is 6.09 Å². The van der Waals surface area contributed by atoms with Crippen LogP contribution in [0.1, 0.15) is 46.5 Å². The molecule has 0 aromatic carbocycles. The van der Waals surface area contributed by atoms with Crippen molar-refractivity contribution in [2.24, 2.45) is 5.92 Å². The van der Waals surface area contributed by atoms with Crippen LogP contribution < -0.4 is 0 Å². The van der Waals surface area contributed by atoms with Crippen LogP contribution in [-0.2, 0) is 4.74 Å². The van der Waals surface area contributed by atoms with Gasteiger partial charge >= 0.3 is 6.09 Å². The summed E-state index contributed by atoms with van der Waals surface area (Å²) in [6.07, 6.45) is 4.47. The number of carbonyl (C=O) groups is 1. The fraction of sp³-hybridized carbons (Fsp3) is 0.917. The second kappa shape index (κ2) is 5.99. The van der Waals surface area contributed by atoms with Crippen molar-refractivity contribution in [3.63, 3.8) is 0 Å². The molecule has 0 aliphatic carbocycles. The minimum absolute atomic E-state index is 0.122. The molecule has 1 aliphatic heterocycles. The predicted octanol–water partition coefficient (Wildman–Crippen LogP) is 3.04. The summed E-state index contributed by atoms with van der Waals surface area (Å²) in [5.74, 6) is 0.717. The maximum absolute atomic E-state index is 11.6. The zero-order valence-corrected chi connectivity index (χ0v) is 10.2. The number of ether oxygens (including phenoxy) is 1. The van der Waals surface area contributed by atoms with E-state index in [1.54, 1.807) is 0 Å². The molecule has 0 N–H and O–H groups in total. The topological polar surface area (TPSA) is 29.5 Å². The van der Waals surface area contributed by atoms with E-state index in [1.807, 2.05) is 11.8 Å². The van der Waals surface area contributed by atoms with Crippen molar-refractivity contribution in [2.75, 3.05) is 13.2 Å². The molecule has 3 heteroatoms.